The minimum absolute atomic E-state index is 0.0243. The second-order valence-corrected chi connectivity index (χ2v) is 9.56. The summed E-state index contributed by atoms with van der Waals surface area (Å²) < 4.78 is 30.6. The van der Waals surface area contributed by atoms with Crippen molar-refractivity contribution in [1.82, 2.24) is 14.8 Å². The summed E-state index contributed by atoms with van der Waals surface area (Å²) in [6, 6.07) is 23.5. The van der Waals surface area contributed by atoms with Crippen molar-refractivity contribution in [3.63, 3.8) is 0 Å². The molecule has 0 saturated heterocycles. The molecule has 0 saturated carbocycles. The minimum atomic E-state index is -4.02. The highest BCUT2D eigenvalue weighted by molar-refractivity contribution is 7.99. The molecule has 0 aliphatic rings. The van der Waals surface area contributed by atoms with Gasteiger partial charge in [0.2, 0.25) is 15.9 Å². The summed E-state index contributed by atoms with van der Waals surface area (Å²) in [5.74, 6) is 0.428. The number of carbonyl (C=O) groups excluding carboxylic acids is 1. The summed E-state index contributed by atoms with van der Waals surface area (Å²) >= 11 is 1.21. The Kier molecular flexibility index (Phi) is 6.96. The molecule has 0 aliphatic heterocycles. The summed E-state index contributed by atoms with van der Waals surface area (Å²) in [5.41, 5.74) is 2.04. The Balaban J connectivity index is 1.55. The minimum Gasteiger partial charge on any atom is -0.495 e. The van der Waals surface area contributed by atoms with E-state index in [4.69, 9.17) is 9.88 Å². The van der Waals surface area contributed by atoms with E-state index in [-0.39, 0.29) is 28.0 Å². The van der Waals surface area contributed by atoms with Crippen LogP contribution in [0.2, 0.25) is 0 Å². The van der Waals surface area contributed by atoms with Crippen LogP contribution >= 0.6 is 11.8 Å². The zero-order valence-electron chi connectivity index (χ0n) is 18.1. The van der Waals surface area contributed by atoms with Gasteiger partial charge in [-0.05, 0) is 30.3 Å². The number of amides is 1. The van der Waals surface area contributed by atoms with E-state index in [1.807, 2.05) is 65.2 Å². The number of ether oxygens (including phenoxy) is 1. The SMILES string of the molecule is COc1ccc(NC(=O)CSc2nnc(-c3ccccc3)n2-c2ccccc2)cc1S(N)(=O)=O. The lowest BCUT2D eigenvalue weighted by molar-refractivity contribution is -0.113. The fourth-order valence-corrected chi connectivity index (χ4v) is 4.73. The van der Waals surface area contributed by atoms with Crippen molar-refractivity contribution in [3.8, 4) is 22.8 Å². The van der Waals surface area contributed by atoms with E-state index >= 15 is 0 Å². The van der Waals surface area contributed by atoms with Crippen LogP contribution in [0.25, 0.3) is 17.1 Å². The van der Waals surface area contributed by atoms with Gasteiger partial charge in [-0.25, -0.2) is 13.6 Å². The number of hydrogen-bond acceptors (Lipinski definition) is 7. The smallest absolute Gasteiger partial charge is 0.241 e. The fraction of sp³-hybridized carbons (Fsp3) is 0.0870. The number of benzene rings is 3. The summed E-state index contributed by atoms with van der Waals surface area (Å²) in [7, 11) is -2.68. The lowest BCUT2D eigenvalue weighted by Gasteiger charge is -2.11. The Morgan fingerprint density at radius 1 is 1.03 bits per heavy atom. The summed E-state index contributed by atoms with van der Waals surface area (Å²) in [5, 5.41) is 17.1. The second-order valence-electron chi connectivity index (χ2n) is 7.09. The molecule has 11 heteroatoms. The summed E-state index contributed by atoms with van der Waals surface area (Å²) in [4.78, 5) is 12.4. The average molecular weight is 496 g/mol. The zero-order valence-corrected chi connectivity index (χ0v) is 19.7. The fourth-order valence-electron chi connectivity index (χ4n) is 3.25. The lowest BCUT2D eigenvalue weighted by Crippen LogP contribution is -2.17. The van der Waals surface area contributed by atoms with E-state index in [0.29, 0.717) is 11.0 Å². The number of hydrogen-bond donors (Lipinski definition) is 2. The third-order valence-electron chi connectivity index (χ3n) is 4.77. The Morgan fingerprint density at radius 2 is 1.71 bits per heavy atom. The van der Waals surface area contributed by atoms with Crippen LogP contribution in [0.3, 0.4) is 0 Å². The molecule has 3 aromatic carbocycles. The van der Waals surface area contributed by atoms with Crippen molar-refractivity contribution in [2.24, 2.45) is 5.14 Å². The summed E-state index contributed by atoms with van der Waals surface area (Å²) in [6.45, 7) is 0. The topological polar surface area (TPSA) is 129 Å². The molecule has 0 radical (unpaired) electrons. The third kappa shape index (κ3) is 5.28. The zero-order chi connectivity index (χ0) is 24.1. The number of nitrogens with one attached hydrogen (secondary N) is 1. The number of nitrogens with two attached hydrogens (primary N) is 1. The molecule has 0 spiro atoms. The first-order valence-corrected chi connectivity index (χ1v) is 12.6. The number of primary sulfonamides is 1. The second kappa shape index (κ2) is 10.1. The van der Waals surface area contributed by atoms with Gasteiger partial charge in [-0.3, -0.25) is 9.36 Å². The number of methoxy groups -OCH3 is 1. The Labute approximate surface area is 201 Å². The van der Waals surface area contributed by atoms with Crippen molar-refractivity contribution in [2.45, 2.75) is 10.1 Å². The molecule has 4 rings (SSSR count). The number of thioether (sulfide) groups is 1. The molecule has 174 valence electrons. The summed E-state index contributed by atoms with van der Waals surface area (Å²) in [6.07, 6.45) is 0. The van der Waals surface area contributed by atoms with Gasteiger partial charge in [0.15, 0.2) is 11.0 Å². The molecule has 1 amide bonds. The van der Waals surface area contributed by atoms with Gasteiger partial charge in [-0.15, -0.1) is 10.2 Å². The van der Waals surface area contributed by atoms with Crippen LogP contribution in [0.1, 0.15) is 0 Å². The first kappa shape index (κ1) is 23.5. The van der Waals surface area contributed by atoms with Crippen LogP contribution in [0, 0.1) is 0 Å². The third-order valence-corrected chi connectivity index (χ3v) is 6.63. The first-order valence-electron chi connectivity index (χ1n) is 10.1. The average Bonchev–Trinajstić information content (AvgIpc) is 3.27. The first-order chi connectivity index (χ1) is 16.4. The molecule has 0 unspecified atom stereocenters. The van der Waals surface area contributed by atoms with Gasteiger partial charge in [-0.1, -0.05) is 60.3 Å². The van der Waals surface area contributed by atoms with Gasteiger partial charge < -0.3 is 10.1 Å². The number of nitrogens with zero attached hydrogens (tertiary/aromatic N) is 3. The largest absolute Gasteiger partial charge is 0.495 e. The van der Waals surface area contributed by atoms with E-state index in [9.17, 15) is 13.2 Å². The maximum Gasteiger partial charge on any atom is 0.241 e. The van der Waals surface area contributed by atoms with Crippen LogP contribution in [-0.4, -0.2) is 42.0 Å². The molecular weight excluding hydrogens is 474 g/mol. The molecule has 0 bridgehead atoms. The monoisotopic (exact) mass is 495 g/mol. The Morgan fingerprint density at radius 3 is 2.35 bits per heavy atom. The molecule has 34 heavy (non-hydrogen) atoms. The van der Waals surface area contributed by atoms with E-state index in [0.717, 1.165) is 11.3 Å². The Bertz CT molecular complexity index is 1410. The number of para-hydroxylation sites is 1. The van der Waals surface area contributed by atoms with Gasteiger partial charge in [0.25, 0.3) is 0 Å². The van der Waals surface area contributed by atoms with E-state index in [1.54, 1.807) is 0 Å². The van der Waals surface area contributed by atoms with E-state index in [2.05, 4.69) is 15.5 Å². The molecule has 0 fully saturated rings. The normalized spacial score (nSPS) is 11.2. The maximum absolute atomic E-state index is 12.6. The van der Waals surface area contributed by atoms with Crippen molar-refractivity contribution in [2.75, 3.05) is 18.2 Å². The molecule has 1 heterocycles. The number of sulfonamides is 1. The van der Waals surface area contributed by atoms with Crippen molar-refractivity contribution >= 4 is 33.4 Å². The molecule has 3 N–H and O–H groups in total. The van der Waals surface area contributed by atoms with Gasteiger partial charge in [-0.2, -0.15) is 0 Å². The quantitative estimate of drug-likeness (QED) is 0.359. The van der Waals surface area contributed by atoms with Gasteiger partial charge >= 0.3 is 0 Å². The number of carbonyl (C=O) groups is 1. The van der Waals surface area contributed by atoms with Gasteiger partial charge in [0.05, 0.1) is 12.9 Å². The Hall–Kier alpha value is -3.67. The van der Waals surface area contributed by atoms with E-state index in [1.165, 1.54) is 37.1 Å². The van der Waals surface area contributed by atoms with Crippen LogP contribution in [0.4, 0.5) is 5.69 Å². The van der Waals surface area contributed by atoms with Crippen LogP contribution in [-0.2, 0) is 14.8 Å². The molecule has 9 nitrogen and oxygen atoms in total. The highest BCUT2D eigenvalue weighted by Gasteiger charge is 2.19. The number of rotatable bonds is 8. The van der Waals surface area contributed by atoms with Crippen LogP contribution < -0.4 is 15.2 Å². The maximum atomic E-state index is 12.6. The van der Waals surface area contributed by atoms with Gasteiger partial charge in [0, 0.05) is 16.9 Å². The highest BCUT2D eigenvalue weighted by atomic mass is 32.2. The standard InChI is InChI=1S/C23H21N5O4S2/c1-32-19-13-12-17(14-20(19)34(24,30)31)25-21(29)15-33-23-27-26-22(16-8-4-2-5-9-16)28(23)18-10-6-3-7-11-18/h2-14H,15H2,1H3,(H,25,29)(H2,24,30,31). The molecule has 0 atom stereocenters. The predicted octanol–water partition coefficient (Wildman–Crippen LogP) is 3.32. The molecule has 1 aromatic heterocycles. The van der Waals surface area contributed by atoms with Crippen molar-refractivity contribution < 1.29 is 17.9 Å². The van der Waals surface area contributed by atoms with Crippen molar-refractivity contribution in [1.29, 1.82) is 0 Å². The van der Waals surface area contributed by atoms with Crippen LogP contribution in [0.5, 0.6) is 5.75 Å². The van der Waals surface area contributed by atoms with Crippen LogP contribution in [0.15, 0.2) is 88.9 Å². The highest BCUT2D eigenvalue weighted by Crippen LogP contribution is 2.29. The van der Waals surface area contributed by atoms with Gasteiger partial charge in [0.1, 0.15) is 10.6 Å². The number of anilines is 1. The number of aromatic nitrogens is 3. The molecular formula is C23H21N5O4S2. The van der Waals surface area contributed by atoms with E-state index < -0.39 is 10.0 Å². The van der Waals surface area contributed by atoms with Crippen molar-refractivity contribution in [3.05, 3.63) is 78.9 Å². The lowest BCUT2D eigenvalue weighted by atomic mass is 10.2. The molecule has 4 aromatic rings. The molecule has 0 aliphatic carbocycles. The predicted molar refractivity (Wildman–Crippen MR) is 131 cm³/mol.